The molecule has 7 heteroatoms. The maximum absolute atomic E-state index is 12.4. The third-order valence-electron chi connectivity index (χ3n) is 3.90. The number of aromatic nitrogens is 1. The van der Waals surface area contributed by atoms with Crippen molar-refractivity contribution in [3.8, 4) is 22.6 Å². The van der Waals surface area contributed by atoms with Gasteiger partial charge in [0.1, 0.15) is 13.2 Å². The fraction of sp³-hybridized carbons (Fsp3) is 0.353. The van der Waals surface area contributed by atoms with Crippen LogP contribution >= 0.6 is 12.4 Å². The molecule has 0 fully saturated rings. The maximum Gasteiger partial charge on any atom is 0.253 e. The van der Waals surface area contributed by atoms with E-state index in [-0.39, 0.29) is 24.4 Å². The highest BCUT2D eigenvalue weighted by atomic mass is 35.5. The smallest absolute Gasteiger partial charge is 0.253 e. The molecule has 130 valence electrons. The van der Waals surface area contributed by atoms with E-state index < -0.39 is 0 Å². The minimum absolute atomic E-state index is 0. The molecule has 1 unspecified atom stereocenters. The number of hydrogen-bond acceptors (Lipinski definition) is 4. The molecule has 0 aliphatic carbocycles. The average molecular weight is 352 g/mol. The third-order valence-corrected chi connectivity index (χ3v) is 3.90. The van der Waals surface area contributed by atoms with Crippen molar-refractivity contribution in [2.24, 2.45) is 0 Å². The molecule has 2 heterocycles. The monoisotopic (exact) mass is 351 g/mol. The Balaban J connectivity index is 0.00000208. The summed E-state index contributed by atoms with van der Waals surface area (Å²) in [6, 6.07) is 5.94. The van der Waals surface area contributed by atoms with Crippen LogP contribution in [0.25, 0.3) is 11.1 Å². The fourth-order valence-corrected chi connectivity index (χ4v) is 2.44. The first-order valence-electron chi connectivity index (χ1n) is 7.71. The Bertz CT molecular complexity index is 702. The zero-order valence-electron chi connectivity index (χ0n) is 13.7. The zero-order chi connectivity index (χ0) is 16.2. The van der Waals surface area contributed by atoms with E-state index in [9.17, 15) is 4.79 Å². The molecule has 6 nitrogen and oxygen atoms in total. The van der Waals surface area contributed by atoms with Crippen LogP contribution < -0.4 is 20.1 Å². The summed E-state index contributed by atoms with van der Waals surface area (Å²) in [6.45, 7) is 3.69. The number of aromatic amines is 1. The zero-order valence-corrected chi connectivity index (χ0v) is 14.5. The standard InChI is InChI=1S/C17H21N3O3.ClH/c1-11(18-2)8-20-17(21)14-10-19-9-13(14)12-3-4-15-16(7-12)23-6-5-22-15;/h3-4,7,9-11,18-19H,5-6,8H2,1-2H3,(H,20,21);1H. The van der Waals surface area contributed by atoms with Gasteiger partial charge in [0, 0.05) is 30.5 Å². The summed E-state index contributed by atoms with van der Waals surface area (Å²) in [4.78, 5) is 15.4. The minimum atomic E-state index is -0.0989. The summed E-state index contributed by atoms with van der Waals surface area (Å²) < 4.78 is 11.1. The van der Waals surface area contributed by atoms with Crippen LogP contribution in [-0.4, -0.2) is 43.7 Å². The van der Waals surface area contributed by atoms with Crippen molar-refractivity contribution in [1.29, 1.82) is 0 Å². The molecule has 3 N–H and O–H groups in total. The largest absolute Gasteiger partial charge is 0.486 e. The second-order valence-electron chi connectivity index (χ2n) is 5.54. The van der Waals surface area contributed by atoms with Crippen molar-refractivity contribution in [2.75, 3.05) is 26.8 Å². The maximum atomic E-state index is 12.4. The number of hydrogen-bond donors (Lipinski definition) is 3. The van der Waals surface area contributed by atoms with Gasteiger partial charge in [0.2, 0.25) is 0 Å². The molecule has 3 rings (SSSR count). The summed E-state index contributed by atoms with van der Waals surface area (Å²) >= 11 is 0. The van der Waals surface area contributed by atoms with E-state index in [0.717, 1.165) is 16.9 Å². The van der Waals surface area contributed by atoms with Crippen molar-refractivity contribution in [1.82, 2.24) is 15.6 Å². The van der Waals surface area contributed by atoms with E-state index in [4.69, 9.17) is 9.47 Å². The van der Waals surface area contributed by atoms with Crippen LogP contribution in [0.5, 0.6) is 11.5 Å². The molecule has 1 amide bonds. The molecule has 1 atom stereocenters. The van der Waals surface area contributed by atoms with Crippen LogP contribution in [0.3, 0.4) is 0 Å². The van der Waals surface area contributed by atoms with Gasteiger partial charge in [0.05, 0.1) is 5.56 Å². The first-order chi connectivity index (χ1) is 11.2. The van der Waals surface area contributed by atoms with Gasteiger partial charge >= 0.3 is 0 Å². The lowest BCUT2D eigenvalue weighted by Gasteiger charge is -2.19. The van der Waals surface area contributed by atoms with E-state index >= 15 is 0 Å². The molecule has 0 saturated carbocycles. The fourth-order valence-electron chi connectivity index (χ4n) is 2.44. The van der Waals surface area contributed by atoms with E-state index in [1.165, 1.54) is 0 Å². The van der Waals surface area contributed by atoms with Crippen LogP contribution in [0.2, 0.25) is 0 Å². The average Bonchev–Trinajstić information content (AvgIpc) is 3.08. The van der Waals surface area contributed by atoms with Gasteiger partial charge in [0.15, 0.2) is 11.5 Å². The van der Waals surface area contributed by atoms with Crippen LogP contribution in [0.4, 0.5) is 0 Å². The van der Waals surface area contributed by atoms with Crippen LogP contribution in [-0.2, 0) is 0 Å². The van der Waals surface area contributed by atoms with Crippen molar-refractivity contribution in [3.05, 3.63) is 36.2 Å². The van der Waals surface area contributed by atoms with Gasteiger partial charge in [-0.25, -0.2) is 0 Å². The number of carbonyl (C=O) groups is 1. The summed E-state index contributed by atoms with van der Waals surface area (Å²) in [6.07, 6.45) is 3.54. The number of H-pyrrole nitrogens is 1. The third kappa shape index (κ3) is 3.83. The number of fused-ring (bicyclic) bond motifs is 1. The van der Waals surface area contributed by atoms with E-state index in [1.54, 1.807) is 6.20 Å². The van der Waals surface area contributed by atoms with Gasteiger partial charge in [-0.05, 0) is 31.7 Å². The Morgan fingerprint density at radius 1 is 1.25 bits per heavy atom. The molecule has 1 aromatic heterocycles. The number of nitrogens with one attached hydrogen (secondary N) is 3. The SMILES string of the molecule is CNC(C)CNC(=O)c1c[nH]cc1-c1ccc2c(c1)OCCO2.Cl. The summed E-state index contributed by atoms with van der Waals surface area (Å²) in [5.41, 5.74) is 2.38. The Hall–Kier alpha value is -2.18. The molecular weight excluding hydrogens is 330 g/mol. The number of halogens is 1. The number of amides is 1. The van der Waals surface area contributed by atoms with Gasteiger partial charge in [-0.15, -0.1) is 12.4 Å². The second kappa shape index (κ2) is 8.08. The first kappa shape index (κ1) is 18.2. The Labute approximate surface area is 147 Å². The lowest BCUT2D eigenvalue weighted by molar-refractivity contribution is 0.0951. The summed E-state index contributed by atoms with van der Waals surface area (Å²) in [7, 11) is 1.87. The second-order valence-corrected chi connectivity index (χ2v) is 5.54. The Morgan fingerprint density at radius 2 is 2.00 bits per heavy atom. The molecule has 0 spiro atoms. The molecule has 1 aliphatic heterocycles. The molecule has 0 saturated heterocycles. The lowest BCUT2D eigenvalue weighted by atomic mass is 10.0. The summed E-state index contributed by atoms with van der Waals surface area (Å²) in [5.74, 6) is 1.35. The topological polar surface area (TPSA) is 75.4 Å². The van der Waals surface area contributed by atoms with Gasteiger partial charge in [0.25, 0.3) is 5.91 Å². The molecule has 0 radical (unpaired) electrons. The molecule has 24 heavy (non-hydrogen) atoms. The van der Waals surface area contributed by atoms with E-state index in [1.807, 2.05) is 38.4 Å². The van der Waals surface area contributed by atoms with Crippen molar-refractivity contribution in [3.63, 3.8) is 0 Å². The minimum Gasteiger partial charge on any atom is -0.486 e. The Kier molecular flexibility index (Phi) is 6.11. The van der Waals surface area contributed by atoms with Crippen LogP contribution in [0.1, 0.15) is 17.3 Å². The van der Waals surface area contributed by atoms with Gasteiger partial charge < -0.3 is 25.1 Å². The van der Waals surface area contributed by atoms with Crippen LogP contribution in [0.15, 0.2) is 30.6 Å². The number of benzene rings is 1. The molecule has 0 bridgehead atoms. The van der Waals surface area contributed by atoms with E-state index in [2.05, 4.69) is 15.6 Å². The van der Waals surface area contributed by atoms with Gasteiger partial charge in [-0.3, -0.25) is 4.79 Å². The highest BCUT2D eigenvalue weighted by Crippen LogP contribution is 2.35. The molecule has 1 aliphatic rings. The first-order valence-corrected chi connectivity index (χ1v) is 7.71. The van der Waals surface area contributed by atoms with Crippen molar-refractivity contribution >= 4 is 18.3 Å². The number of ether oxygens (including phenoxy) is 2. The predicted molar refractivity (Wildman–Crippen MR) is 95.3 cm³/mol. The van der Waals surface area contributed by atoms with Crippen molar-refractivity contribution < 1.29 is 14.3 Å². The number of rotatable bonds is 5. The van der Waals surface area contributed by atoms with Crippen molar-refractivity contribution in [2.45, 2.75) is 13.0 Å². The number of carbonyl (C=O) groups excluding carboxylic acids is 1. The molecule has 1 aromatic carbocycles. The van der Waals surface area contributed by atoms with Gasteiger partial charge in [-0.1, -0.05) is 6.07 Å². The van der Waals surface area contributed by atoms with E-state index in [0.29, 0.717) is 31.1 Å². The normalized spacial score (nSPS) is 13.8. The number of likely N-dealkylation sites (N-methyl/N-ethyl adjacent to an activating group) is 1. The highest BCUT2D eigenvalue weighted by Gasteiger charge is 2.17. The predicted octanol–water partition coefficient (Wildman–Crippen LogP) is 2.21. The molecule has 2 aromatic rings. The highest BCUT2D eigenvalue weighted by molar-refractivity contribution is 6.00. The quantitative estimate of drug-likeness (QED) is 0.772. The Morgan fingerprint density at radius 3 is 2.75 bits per heavy atom. The van der Waals surface area contributed by atoms with Gasteiger partial charge in [-0.2, -0.15) is 0 Å². The summed E-state index contributed by atoms with van der Waals surface area (Å²) in [5, 5.41) is 6.02. The van der Waals surface area contributed by atoms with Crippen LogP contribution in [0, 0.1) is 0 Å². The lowest BCUT2D eigenvalue weighted by Crippen LogP contribution is -2.37. The molecular formula is C17H22ClN3O3.